The molecule has 1 aromatic rings. The summed E-state index contributed by atoms with van der Waals surface area (Å²) in [6.45, 7) is -2.54. The second-order valence-corrected chi connectivity index (χ2v) is 2.68. The number of rotatable bonds is 5. The number of hydrogen-bond donors (Lipinski definition) is 1. The molecule has 0 atom stereocenters. The monoisotopic (exact) mass is 251 g/mol. The maximum absolute atomic E-state index is 7.80. The SMILES string of the molecule is Cl.[2H]C([2H])(N)C([2H])([2H])c1cc(OC)c(OC)c(OC)c1. The van der Waals surface area contributed by atoms with E-state index in [2.05, 4.69) is 0 Å². The molecule has 0 radical (unpaired) electrons. The summed E-state index contributed by atoms with van der Waals surface area (Å²) < 4.78 is 45.7. The van der Waals surface area contributed by atoms with Crippen molar-refractivity contribution in [1.82, 2.24) is 0 Å². The van der Waals surface area contributed by atoms with Crippen LogP contribution in [0.25, 0.3) is 0 Å². The van der Waals surface area contributed by atoms with Gasteiger partial charge in [0.15, 0.2) is 11.5 Å². The van der Waals surface area contributed by atoms with E-state index in [1.165, 1.54) is 33.5 Å². The molecule has 0 heterocycles. The van der Waals surface area contributed by atoms with Gasteiger partial charge in [-0.3, -0.25) is 0 Å². The minimum absolute atomic E-state index is 0. The fourth-order valence-corrected chi connectivity index (χ4v) is 1.24. The average Bonchev–Trinajstić information content (AvgIpc) is 2.35. The van der Waals surface area contributed by atoms with Crippen molar-refractivity contribution in [2.75, 3.05) is 27.8 Å². The first-order valence-corrected chi connectivity index (χ1v) is 4.28. The second kappa shape index (κ2) is 7.19. The maximum Gasteiger partial charge on any atom is 0.203 e. The molecule has 0 spiro atoms. The molecular weight excluding hydrogens is 230 g/mol. The molecule has 4 nitrogen and oxygen atoms in total. The Morgan fingerprint density at radius 3 is 1.94 bits per heavy atom. The first-order valence-electron chi connectivity index (χ1n) is 6.28. The van der Waals surface area contributed by atoms with Gasteiger partial charge in [-0.2, -0.15) is 0 Å². The van der Waals surface area contributed by atoms with Crippen molar-refractivity contribution < 1.29 is 19.7 Å². The van der Waals surface area contributed by atoms with Gasteiger partial charge in [0.05, 0.1) is 21.3 Å². The molecule has 16 heavy (non-hydrogen) atoms. The lowest BCUT2D eigenvalue weighted by molar-refractivity contribution is 0.324. The predicted molar refractivity (Wildman–Crippen MR) is 66.1 cm³/mol. The average molecular weight is 252 g/mol. The number of benzene rings is 1. The summed E-state index contributed by atoms with van der Waals surface area (Å²) in [6, 6.07) is 2.68. The number of halogens is 1. The molecule has 2 N–H and O–H groups in total. The zero-order chi connectivity index (χ0) is 14.8. The fourth-order valence-electron chi connectivity index (χ4n) is 1.24. The highest BCUT2D eigenvalue weighted by Crippen LogP contribution is 2.38. The Hall–Kier alpha value is -1.13. The summed E-state index contributed by atoms with van der Waals surface area (Å²) in [6.07, 6.45) is -2.40. The Kier molecular flexibility index (Phi) is 4.03. The van der Waals surface area contributed by atoms with Crippen LogP contribution >= 0.6 is 12.4 Å². The highest BCUT2D eigenvalue weighted by atomic mass is 35.5. The molecule has 0 saturated heterocycles. The molecule has 0 aliphatic rings. The number of hydrogen-bond acceptors (Lipinski definition) is 4. The normalized spacial score (nSPS) is 14.8. The minimum Gasteiger partial charge on any atom is -0.493 e. The van der Waals surface area contributed by atoms with Crippen molar-refractivity contribution in [2.45, 2.75) is 6.37 Å². The summed E-state index contributed by atoms with van der Waals surface area (Å²) in [4.78, 5) is 0. The topological polar surface area (TPSA) is 53.7 Å². The van der Waals surface area contributed by atoms with Crippen molar-refractivity contribution in [1.29, 1.82) is 0 Å². The third-order valence-electron chi connectivity index (χ3n) is 1.88. The fraction of sp³-hybridized carbons (Fsp3) is 0.455. The first-order chi connectivity index (χ1) is 8.68. The summed E-state index contributed by atoms with van der Waals surface area (Å²) in [5.41, 5.74) is 5.25. The molecule has 0 aliphatic carbocycles. The molecule has 1 aromatic carbocycles. The van der Waals surface area contributed by atoms with Crippen molar-refractivity contribution in [2.24, 2.45) is 5.73 Å². The quantitative estimate of drug-likeness (QED) is 0.864. The van der Waals surface area contributed by atoms with Crippen molar-refractivity contribution in [3.05, 3.63) is 17.7 Å². The van der Waals surface area contributed by atoms with Crippen LogP contribution in [0.4, 0.5) is 0 Å². The number of methoxy groups -OCH3 is 3. The lowest BCUT2D eigenvalue weighted by atomic mass is 10.1. The molecule has 5 heteroatoms. The molecule has 0 aliphatic heterocycles. The van der Waals surface area contributed by atoms with E-state index in [1.54, 1.807) is 0 Å². The van der Waals surface area contributed by atoms with Gasteiger partial charge in [0.1, 0.15) is 0 Å². The van der Waals surface area contributed by atoms with Crippen LogP contribution in [-0.4, -0.2) is 27.8 Å². The molecule has 92 valence electrons. The molecule has 1 rings (SSSR count). The lowest BCUT2D eigenvalue weighted by Crippen LogP contribution is -2.04. The van der Waals surface area contributed by atoms with Crippen LogP contribution in [0.2, 0.25) is 0 Å². The molecular formula is C11H18ClNO3. The van der Waals surface area contributed by atoms with Crippen LogP contribution < -0.4 is 19.9 Å². The van der Waals surface area contributed by atoms with Crippen LogP contribution in [0.3, 0.4) is 0 Å². The summed E-state index contributed by atoms with van der Waals surface area (Å²) >= 11 is 0. The van der Waals surface area contributed by atoms with Gasteiger partial charge in [0.2, 0.25) is 5.75 Å². The smallest absolute Gasteiger partial charge is 0.203 e. The van der Waals surface area contributed by atoms with Crippen LogP contribution in [0.1, 0.15) is 11.0 Å². The molecule has 0 aromatic heterocycles. The van der Waals surface area contributed by atoms with E-state index >= 15 is 0 Å². The Morgan fingerprint density at radius 2 is 1.62 bits per heavy atom. The predicted octanol–water partition coefficient (Wildman–Crippen LogP) is 1.64. The van der Waals surface area contributed by atoms with Crippen molar-refractivity contribution in [3.8, 4) is 17.2 Å². The van der Waals surface area contributed by atoms with Crippen molar-refractivity contribution >= 4 is 12.4 Å². The number of nitrogens with two attached hydrogens (primary N) is 1. The molecule has 0 unspecified atom stereocenters. The van der Waals surface area contributed by atoms with Gasteiger partial charge in [-0.05, 0) is 30.6 Å². The number of aryl methyl sites for hydroxylation is 1. The summed E-state index contributed by atoms with van der Waals surface area (Å²) in [7, 11) is 4.22. The Morgan fingerprint density at radius 1 is 1.12 bits per heavy atom. The number of ether oxygens (including phenoxy) is 3. The van der Waals surface area contributed by atoms with Crippen LogP contribution in [0.15, 0.2) is 12.1 Å². The van der Waals surface area contributed by atoms with Gasteiger partial charge in [-0.25, -0.2) is 0 Å². The van der Waals surface area contributed by atoms with Crippen LogP contribution in [0, 0.1) is 0 Å². The van der Waals surface area contributed by atoms with Gasteiger partial charge in [0.25, 0.3) is 0 Å². The van der Waals surface area contributed by atoms with E-state index in [9.17, 15) is 0 Å². The molecule has 0 fully saturated rings. The second-order valence-electron chi connectivity index (χ2n) is 2.68. The van der Waals surface area contributed by atoms with E-state index in [-0.39, 0.29) is 29.5 Å². The van der Waals surface area contributed by atoms with E-state index in [4.69, 9.17) is 25.4 Å². The Bertz CT molecular complexity index is 440. The minimum atomic E-state index is -2.54. The summed E-state index contributed by atoms with van der Waals surface area (Å²) in [5, 5.41) is 0. The van der Waals surface area contributed by atoms with Crippen LogP contribution in [-0.2, 0) is 6.37 Å². The van der Waals surface area contributed by atoms with E-state index in [0.717, 1.165) is 0 Å². The van der Waals surface area contributed by atoms with E-state index < -0.39 is 12.9 Å². The van der Waals surface area contributed by atoms with Crippen molar-refractivity contribution in [3.63, 3.8) is 0 Å². The molecule has 0 saturated carbocycles. The van der Waals surface area contributed by atoms with Gasteiger partial charge in [0, 0.05) is 5.48 Å². The maximum atomic E-state index is 7.80. The molecule has 0 amide bonds. The zero-order valence-electron chi connectivity index (χ0n) is 13.4. The van der Waals surface area contributed by atoms with E-state index in [1.807, 2.05) is 0 Å². The largest absolute Gasteiger partial charge is 0.493 e. The third kappa shape index (κ3) is 3.18. The standard InChI is InChI=1S/C11H17NO3.ClH/c1-13-9-6-8(4-5-12)7-10(14-2)11(9)15-3;/h6-7H,4-5,12H2,1-3H3;1H/i4D2,5D2;. The van der Waals surface area contributed by atoms with Gasteiger partial charge >= 0.3 is 0 Å². The van der Waals surface area contributed by atoms with Gasteiger partial charge < -0.3 is 19.9 Å². The zero-order valence-corrected chi connectivity index (χ0v) is 10.2. The highest BCUT2D eigenvalue weighted by Gasteiger charge is 2.12. The Balaban J connectivity index is 0.00000361. The first kappa shape index (κ1) is 8.96. The highest BCUT2D eigenvalue weighted by molar-refractivity contribution is 5.85. The van der Waals surface area contributed by atoms with Gasteiger partial charge in [-0.1, -0.05) is 0 Å². The van der Waals surface area contributed by atoms with Crippen LogP contribution in [0.5, 0.6) is 17.2 Å². The molecule has 0 bridgehead atoms. The Labute approximate surface area is 108 Å². The third-order valence-corrected chi connectivity index (χ3v) is 1.88. The van der Waals surface area contributed by atoms with Gasteiger partial charge in [-0.15, -0.1) is 12.4 Å². The lowest BCUT2D eigenvalue weighted by Gasteiger charge is -2.13. The summed E-state index contributed by atoms with van der Waals surface area (Å²) in [5.74, 6) is 0.789. The van der Waals surface area contributed by atoms with E-state index in [0.29, 0.717) is 5.75 Å².